The van der Waals surface area contributed by atoms with Crippen LogP contribution in [0.25, 0.3) is 0 Å². The van der Waals surface area contributed by atoms with E-state index in [2.05, 4.69) is 0 Å². The Hall–Kier alpha value is 0.663. The SMILES string of the molecule is O=[P+]([O-])[O-].O=[P+]([O-])[O-].[Ru+4]. The van der Waals surface area contributed by atoms with Crippen molar-refractivity contribution in [3.05, 3.63) is 0 Å². The molecule has 6 nitrogen and oxygen atoms in total. The van der Waals surface area contributed by atoms with Crippen LogP contribution in [0.2, 0.25) is 0 Å². The molecular formula is O6P2Ru+2. The van der Waals surface area contributed by atoms with Crippen molar-refractivity contribution >= 4 is 16.5 Å². The van der Waals surface area contributed by atoms with Gasteiger partial charge in [0.25, 0.3) is 16.5 Å². The van der Waals surface area contributed by atoms with E-state index in [4.69, 9.17) is 28.7 Å². The van der Waals surface area contributed by atoms with Crippen LogP contribution in [-0.2, 0) is 28.6 Å². The van der Waals surface area contributed by atoms with Gasteiger partial charge in [-0.25, -0.2) is 0 Å². The van der Waals surface area contributed by atoms with Crippen LogP contribution in [0.4, 0.5) is 0 Å². The first-order chi connectivity index (χ1) is 3.46. The molecule has 0 unspecified atom stereocenters. The largest absolute Gasteiger partial charge is 4.00 e. The van der Waals surface area contributed by atoms with Gasteiger partial charge in [0.1, 0.15) is 0 Å². The molecule has 0 atom stereocenters. The van der Waals surface area contributed by atoms with Crippen LogP contribution in [0, 0.1) is 0 Å². The van der Waals surface area contributed by atoms with Crippen molar-refractivity contribution in [1.82, 2.24) is 0 Å². The Kier molecular flexibility index (Phi) is 20.8. The number of hydrogen-bond acceptors (Lipinski definition) is 6. The van der Waals surface area contributed by atoms with Crippen molar-refractivity contribution in [3.63, 3.8) is 0 Å². The van der Waals surface area contributed by atoms with Crippen LogP contribution in [0.1, 0.15) is 0 Å². The van der Waals surface area contributed by atoms with Crippen molar-refractivity contribution in [2.45, 2.75) is 0 Å². The maximum absolute atomic E-state index is 8.48. The second kappa shape index (κ2) is 11.5. The minimum absolute atomic E-state index is 0. The van der Waals surface area contributed by atoms with Gasteiger partial charge in [-0.1, -0.05) is 9.13 Å². The van der Waals surface area contributed by atoms with Crippen LogP contribution in [0.3, 0.4) is 0 Å². The molecule has 0 bridgehead atoms. The van der Waals surface area contributed by atoms with Gasteiger partial charge in [0, 0.05) is 0 Å². The summed E-state index contributed by atoms with van der Waals surface area (Å²) in [5.74, 6) is 0. The molecule has 52 valence electrons. The molecule has 9 heavy (non-hydrogen) atoms. The van der Waals surface area contributed by atoms with Gasteiger partial charge in [0.2, 0.25) is 0 Å². The molecule has 0 amide bonds. The Morgan fingerprint density at radius 2 is 0.778 bits per heavy atom. The van der Waals surface area contributed by atoms with Crippen molar-refractivity contribution in [2.75, 3.05) is 0 Å². The van der Waals surface area contributed by atoms with E-state index in [0.717, 1.165) is 0 Å². The Morgan fingerprint density at radius 3 is 0.778 bits per heavy atom. The van der Waals surface area contributed by atoms with E-state index in [1.54, 1.807) is 0 Å². The van der Waals surface area contributed by atoms with Crippen molar-refractivity contribution in [2.24, 2.45) is 0 Å². The van der Waals surface area contributed by atoms with Crippen molar-refractivity contribution in [1.29, 1.82) is 0 Å². The van der Waals surface area contributed by atoms with Crippen LogP contribution in [0.15, 0.2) is 0 Å². The molecule has 0 aromatic rings. The maximum Gasteiger partial charge on any atom is 4.00 e. The number of rotatable bonds is 0. The van der Waals surface area contributed by atoms with Gasteiger partial charge in [-0.3, -0.25) is 0 Å². The molecule has 0 aromatic carbocycles. The van der Waals surface area contributed by atoms with Crippen molar-refractivity contribution < 1.29 is 48.2 Å². The molecule has 0 spiro atoms. The third-order valence-electron chi connectivity index (χ3n) is 0. The minimum Gasteiger partial charge on any atom is -0.598 e. The third-order valence-corrected chi connectivity index (χ3v) is 0. The minimum atomic E-state index is -3.37. The Labute approximate surface area is 65.2 Å². The fraction of sp³-hybridized carbons (Fsp3) is 0. The zero-order valence-corrected chi connectivity index (χ0v) is 7.22. The Bertz CT molecular complexity index is 69.1. The molecule has 0 fully saturated rings. The Morgan fingerprint density at radius 1 is 0.778 bits per heavy atom. The second-order valence-corrected chi connectivity index (χ2v) is 1.34. The van der Waals surface area contributed by atoms with E-state index in [1.165, 1.54) is 0 Å². The molecule has 0 aliphatic heterocycles. The van der Waals surface area contributed by atoms with Gasteiger partial charge in [0.05, 0.1) is 0 Å². The third kappa shape index (κ3) is 874. The van der Waals surface area contributed by atoms with E-state index in [0.29, 0.717) is 0 Å². The van der Waals surface area contributed by atoms with E-state index in [-0.39, 0.29) is 19.5 Å². The summed E-state index contributed by atoms with van der Waals surface area (Å²) < 4.78 is 17.0. The molecule has 0 aliphatic rings. The van der Waals surface area contributed by atoms with Crippen LogP contribution >= 0.6 is 16.5 Å². The molecule has 0 saturated carbocycles. The molecular weight excluding hydrogens is 259 g/mol. The van der Waals surface area contributed by atoms with Gasteiger partial charge in [-0.15, -0.1) is 0 Å². The second-order valence-electron chi connectivity index (χ2n) is 0.447. The Balaban J connectivity index is -0.0000000720. The van der Waals surface area contributed by atoms with E-state index < -0.39 is 16.5 Å². The fourth-order valence-electron chi connectivity index (χ4n) is 0. The quantitative estimate of drug-likeness (QED) is 0.331. The predicted octanol–water partition coefficient (Wildman–Crippen LogP) is -3.27. The summed E-state index contributed by atoms with van der Waals surface area (Å²) >= 11 is 0. The first-order valence-electron chi connectivity index (χ1n) is 1.10. The summed E-state index contributed by atoms with van der Waals surface area (Å²) in [6.45, 7) is 0. The zero-order chi connectivity index (χ0) is 7.15. The van der Waals surface area contributed by atoms with Gasteiger partial charge < -0.3 is 19.6 Å². The van der Waals surface area contributed by atoms with Crippen molar-refractivity contribution in [3.8, 4) is 0 Å². The van der Waals surface area contributed by atoms with Crippen LogP contribution in [0.5, 0.6) is 0 Å². The van der Waals surface area contributed by atoms with Gasteiger partial charge in [0.15, 0.2) is 0 Å². The van der Waals surface area contributed by atoms with E-state index >= 15 is 0 Å². The summed E-state index contributed by atoms with van der Waals surface area (Å²) in [4.78, 5) is 33.9. The topological polar surface area (TPSA) is 126 Å². The summed E-state index contributed by atoms with van der Waals surface area (Å²) in [6, 6.07) is 0. The van der Waals surface area contributed by atoms with Gasteiger partial charge in [-0.2, -0.15) is 0 Å². The summed E-state index contributed by atoms with van der Waals surface area (Å²) in [5, 5.41) is 0. The van der Waals surface area contributed by atoms with Gasteiger partial charge >= 0.3 is 19.5 Å². The monoisotopic (exact) mass is 260 g/mol. The molecule has 0 heterocycles. The molecule has 0 radical (unpaired) electrons. The maximum atomic E-state index is 8.48. The molecule has 0 aromatic heterocycles. The standard InChI is InChI=1S/2HO3P.Ru/c2*1-4(2)3;/h2*(H,1,2,3);/q;;+4/p-2. The van der Waals surface area contributed by atoms with Crippen LogP contribution < -0.4 is 19.6 Å². The predicted molar refractivity (Wildman–Crippen MR) is 15.2 cm³/mol. The molecule has 0 rings (SSSR count). The fourth-order valence-corrected chi connectivity index (χ4v) is 0. The molecule has 9 heteroatoms. The van der Waals surface area contributed by atoms with Crippen LogP contribution in [-0.4, -0.2) is 0 Å². The molecule has 0 aliphatic carbocycles. The first kappa shape index (κ1) is 16.3. The average Bonchev–Trinajstić information content (AvgIpc) is 1.25. The van der Waals surface area contributed by atoms with E-state index in [1.807, 2.05) is 0 Å². The summed E-state index contributed by atoms with van der Waals surface area (Å²) in [5.41, 5.74) is 0. The molecule has 0 N–H and O–H groups in total. The van der Waals surface area contributed by atoms with E-state index in [9.17, 15) is 0 Å². The average molecular weight is 259 g/mol. The summed E-state index contributed by atoms with van der Waals surface area (Å²) in [6.07, 6.45) is 0. The molecule has 0 saturated heterocycles. The smallest absolute Gasteiger partial charge is 0.598 e. The first-order valence-corrected chi connectivity index (χ1v) is 3.29. The zero-order valence-electron chi connectivity index (χ0n) is 3.70. The van der Waals surface area contributed by atoms with Gasteiger partial charge in [-0.05, 0) is 0 Å². The normalized spacial score (nSPS) is 5.78. The number of hydrogen-bond donors (Lipinski definition) is 0. The summed E-state index contributed by atoms with van der Waals surface area (Å²) in [7, 11) is -6.74.